The van der Waals surface area contributed by atoms with Crippen molar-refractivity contribution in [2.45, 2.75) is 25.5 Å². The number of imidazole rings is 1. The van der Waals surface area contributed by atoms with Crippen molar-refractivity contribution in [2.75, 3.05) is 32.6 Å². The number of hydrogen-bond acceptors (Lipinski definition) is 8. The van der Waals surface area contributed by atoms with E-state index in [0.29, 0.717) is 29.9 Å². The molecule has 1 aliphatic rings. The fourth-order valence-electron chi connectivity index (χ4n) is 4.74. The summed E-state index contributed by atoms with van der Waals surface area (Å²) in [6.45, 7) is 3.35. The van der Waals surface area contributed by atoms with Crippen LogP contribution in [0.1, 0.15) is 22.6 Å². The Bertz CT molecular complexity index is 1430. The number of likely N-dealkylation sites (N-methyl/N-ethyl adjacent to an activating group) is 1. The first-order valence-electron chi connectivity index (χ1n) is 12.2. The molecule has 1 amide bonds. The van der Waals surface area contributed by atoms with Gasteiger partial charge in [0.05, 0.1) is 34.9 Å². The predicted octanol–water partition coefficient (Wildman–Crippen LogP) is 3.28. The Morgan fingerprint density at radius 3 is 2.65 bits per heavy atom. The van der Waals surface area contributed by atoms with Gasteiger partial charge in [-0.15, -0.1) is 0 Å². The molecular weight excluding hydrogens is 470 g/mol. The average molecular weight is 502 g/mol. The number of aromatic nitrogens is 4. The highest BCUT2D eigenvalue weighted by atomic mass is 16.5. The number of fused-ring (bicyclic) bond motifs is 1. The molecule has 192 valence electrons. The van der Waals surface area contributed by atoms with Crippen LogP contribution in [-0.2, 0) is 11.8 Å². The lowest BCUT2D eigenvalue weighted by Gasteiger charge is -2.19. The van der Waals surface area contributed by atoms with E-state index < -0.39 is 5.91 Å². The zero-order chi connectivity index (χ0) is 26.1. The molecule has 10 nitrogen and oxygen atoms in total. The van der Waals surface area contributed by atoms with E-state index in [9.17, 15) is 4.79 Å². The number of hydrogen-bond donors (Lipinski definition) is 2. The monoisotopic (exact) mass is 501 g/mol. The molecule has 3 heterocycles. The van der Waals surface area contributed by atoms with Crippen molar-refractivity contribution in [3.63, 3.8) is 0 Å². The van der Waals surface area contributed by atoms with Gasteiger partial charge in [0.15, 0.2) is 11.5 Å². The molecule has 1 fully saturated rings. The van der Waals surface area contributed by atoms with E-state index in [1.165, 1.54) is 0 Å². The van der Waals surface area contributed by atoms with Crippen LogP contribution in [0.2, 0.25) is 0 Å². The number of methoxy groups -OCH3 is 1. The molecule has 0 saturated carbocycles. The molecule has 2 aromatic carbocycles. The molecule has 2 atom stereocenters. The van der Waals surface area contributed by atoms with Crippen molar-refractivity contribution in [3.8, 4) is 17.0 Å². The van der Waals surface area contributed by atoms with Gasteiger partial charge in [-0.3, -0.25) is 9.69 Å². The van der Waals surface area contributed by atoms with Crippen LogP contribution in [0.25, 0.3) is 22.3 Å². The van der Waals surface area contributed by atoms with Gasteiger partial charge in [0.1, 0.15) is 12.4 Å². The zero-order valence-corrected chi connectivity index (χ0v) is 21.4. The maximum absolute atomic E-state index is 12.3. The van der Waals surface area contributed by atoms with Crippen LogP contribution >= 0.6 is 0 Å². The predicted molar refractivity (Wildman–Crippen MR) is 142 cm³/mol. The van der Waals surface area contributed by atoms with Crippen molar-refractivity contribution in [3.05, 3.63) is 60.2 Å². The number of carbonyl (C=O) groups is 1. The second-order valence-electron chi connectivity index (χ2n) is 9.40. The van der Waals surface area contributed by atoms with Crippen LogP contribution in [-0.4, -0.2) is 69.8 Å². The maximum atomic E-state index is 12.3. The highest BCUT2D eigenvalue weighted by Crippen LogP contribution is 2.30. The highest BCUT2D eigenvalue weighted by molar-refractivity contribution is 5.98. The van der Waals surface area contributed by atoms with E-state index in [-0.39, 0.29) is 11.8 Å². The van der Waals surface area contributed by atoms with Gasteiger partial charge in [0.2, 0.25) is 0 Å². The Labute approximate surface area is 215 Å². The Kier molecular flexibility index (Phi) is 6.77. The SMILES string of the molecule is CO[C@@H]1C[C@@H](COc2ccc(Nc3nc(C)c(-c4cccc5c4ncn5C)nc3C(N)=O)cc2)N(C)C1. The topological polar surface area (TPSA) is 120 Å². The molecule has 1 aliphatic heterocycles. The van der Waals surface area contributed by atoms with Gasteiger partial charge in [0, 0.05) is 38.0 Å². The maximum Gasteiger partial charge on any atom is 0.271 e. The lowest BCUT2D eigenvalue weighted by molar-refractivity contribution is 0.0996. The first kappa shape index (κ1) is 24.7. The minimum absolute atomic E-state index is 0.0610. The van der Waals surface area contributed by atoms with Crippen LogP contribution in [0, 0.1) is 6.92 Å². The molecule has 0 unspecified atom stereocenters. The number of para-hydroxylation sites is 1. The van der Waals surface area contributed by atoms with E-state index in [0.717, 1.165) is 41.0 Å². The summed E-state index contributed by atoms with van der Waals surface area (Å²) in [7, 11) is 5.76. The Morgan fingerprint density at radius 2 is 1.95 bits per heavy atom. The lowest BCUT2D eigenvalue weighted by Crippen LogP contribution is -2.30. The fourth-order valence-corrected chi connectivity index (χ4v) is 4.74. The van der Waals surface area contributed by atoms with Gasteiger partial charge in [0.25, 0.3) is 5.91 Å². The minimum atomic E-state index is -0.667. The molecule has 3 N–H and O–H groups in total. The quantitative estimate of drug-likeness (QED) is 0.377. The number of nitrogens with zero attached hydrogens (tertiary/aromatic N) is 5. The summed E-state index contributed by atoms with van der Waals surface area (Å²) < 4.78 is 13.4. The Morgan fingerprint density at radius 1 is 1.16 bits per heavy atom. The fraction of sp³-hybridized carbons (Fsp3) is 0.333. The molecule has 2 aromatic heterocycles. The Balaban J connectivity index is 1.35. The summed E-state index contributed by atoms with van der Waals surface area (Å²) in [5.74, 6) is 0.393. The van der Waals surface area contributed by atoms with Crippen LogP contribution in [0.5, 0.6) is 5.75 Å². The van der Waals surface area contributed by atoms with Crippen molar-refractivity contribution in [2.24, 2.45) is 12.8 Å². The van der Waals surface area contributed by atoms with E-state index in [4.69, 9.17) is 15.2 Å². The van der Waals surface area contributed by atoms with Crippen molar-refractivity contribution in [1.29, 1.82) is 0 Å². The number of rotatable bonds is 8. The summed E-state index contributed by atoms with van der Waals surface area (Å²) in [6, 6.07) is 13.6. The molecule has 10 heteroatoms. The van der Waals surface area contributed by atoms with Crippen LogP contribution in [0.4, 0.5) is 11.5 Å². The van der Waals surface area contributed by atoms with Crippen LogP contribution in [0.15, 0.2) is 48.8 Å². The van der Waals surface area contributed by atoms with Gasteiger partial charge in [-0.2, -0.15) is 0 Å². The van der Waals surface area contributed by atoms with Crippen molar-refractivity contribution < 1.29 is 14.3 Å². The first-order chi connectivity index (χ1) is 17.8. The summed E-state index contributed by atoms with van der Waals surface area (Å²) in [5, 5.41) is 3.19. The molecule has 1 saturated heterocycles. The van der Waals surface area contributed by atoms with E-state index in [1.54, 1.807) is 13.4 Å². The van der Waals surface area contributed by atoms with Gasteiger partial charge < -0.3 is 25.1 Å². The number of nitrogens with two attached hydrogens (primary N) is 1. The summed E-state index contributed by atoms with van der Waals surface area (Å²) in [6.07, 6.45) is 2.95. The lowest BCUT2D eigenvalue weighted by atomic mass is 10.1. The van der Waals surface area contributed by atoms with Gasteiger partial charge >= 0.3 is 0 Å². The standard InChI is InChI=1S/C27H31N7O3/c1-16-23(21-6-5-7-22-24(21)29-15-34(22)3)32-25(26(28)35)27(30-16)31-17-8-10-19(11-9-17)37-14-18-12-20(36-4)13-33(18)2/h5-11,15,18,20H,12-14H2,1-4H3,(H2,28,35)(H,30,31)/t18-,20+/m0/s1. The molecule has 4 aromatic rings. The first-order valence-corrected chi connectivity index (χ1v) is 12.2. The third-order valence-electron chi connectivity index (χ3n) is 6.86. The van der Waals surface area contributed by atoms with Crippen LogP contribution < -0.4 is 15.8 Å². The second kappa shape index (κ2) is 10.2. The molecule has 37 heavy (non-hydrogen) atoms. The number of amides is 1. The largest absolute Gasteiger partial charge is 0.492 e. The number of anilines is 2. The zero-order valence-electron chi connectivity index (χ0n) is 21.4. The highest BCUT2D eigenvalue weighted by Gasteiger charge is 2.29. The van der Waals surface area contributed by atoms with Gasteiger partial charge in [-0.1, -0.05) is 12.1 Å². The van der Waals surface area contributed by atoms with E-state index >= 15 is 0 Å². The molecule has 0 aliphatic carbocycles. The van der Waals surface area contributed by atoms with E-state index in [2.05, 4.69) is 32.2 Å². The van der Waals surface area contributed by atoms with Crippen LogP contribution in [0.3, 0.4) is 0 Å². The molecule has 0 bridgehead atoms. The smallest absolute Gasteiger partial charge is 0.271 e. The number of aryl methyl sites for hydroxylation is 2. The normalized spacial score (nSPS) is 17.8. The molecule has 0 spiro atoms. The molecular formula is C27H31N7O3. The minimum Gasteiger partial charge on any atom is -0.492 e. The van der Waals surface area contributed by atoms with Crippen molar-refractivity contribution in [1.82, 2.24) is 24.4 Å². The number of benzene rings is 2. The number of ether oxygens (including phenoxy) is 2. The average Bonchev–Trinajstić information content (AvgIpc) is 3.45. The summed E-state index contributed by atoms with van der Waals surface area (Å²) >= 11 is 0. The third-order valence-corrected chi connectivity index (χ3v) is 6.86. The number of primary amides is 1. The second-order valence-corrected chi connectivity index (χ2v) is 9.40. The number of carbonyl (C=O) groups excluding carboxylic acids is 1. The summed E-state index contributed by atoms with van der Waals surface area (Å²) in [4.78, 5) is 28.4. The molecule has 5 rings (SSSR count). The molecule has 0 radical (unpaired) electrons. The number of likely N-dealkylation sites (tertiary alicyclic amines) is 1. The van der Waals surface area contributed by atoms with Crippen molar-refractivity contribution >= 4 is 28.4 Å². The third kappa shape index (κ3) is 4.98. The summed E-state index contributed by atoms with van der Waals surface area (Å²) in [5.41, 5.74) is 10.3. The Hall–Kier alpha value is -4.02. The van der Waals surface area contributed by atoms with E-state index in [1.807, 2.05) is 61.0 Å². The van der Waals surface area contributed by atoms with Gasteiger partial charge in [-0.25, -0.2) is 15.0 Å². The van der Waals surface area contributed by atoms with Gasteiger partial charge in [-0.05, 0) is 50.7 Å². The number of nitrogens with one attached hydrogen (secondary N) is 1.